The number of fused-ring (bicyclic) bond motifs is 1. The van der Waals surface area contributed by atoms with E-state index in [4.69, 9.17) is 0 Å². The Balaban J connectivity index is 1.42. The van der Waals surface area contributed by atoms with Crippen LogP contribution < -0.4 is 5.32 Å². The number of unbranched alkanes of at least 4 members (excludes halogenated alkanes) is 1. The summed E-state index contributed by atoms with van der Waals surface area (Å²) >= 11 is 1.69. The third kappa shape index (κ3) is 3.52. The van der Waals surface area contributed by atoms with Gasteiger partial charge in [0, 0.05) is 6.42 Å². The van der Waals surface area contributed by atoms with Crippen molar-refractivity contribution in [3.05, 3.63) is 29.3 Å². The van der Waals surface area contributed by atoms with Gasteiger partial charge in [-0.25, -0.2) is 9.78 Å². The van der Waals surface area contributed by atoms with Crippen LogP contribution >= 0.6 is 11.3 Å². The number of para-hydroxylation sites is 1. The molecule has 1 aromatic carbocycles. The summed E-state index contributed by atoms with van der Waals surface area (Å²) < 4.78 is 1.19. The molecule has 1 amide bonds. The number of aryl methyl sites for hydroxylation is 1. The van der Waals surface area contributed by atoms with E-state index in [1.54, 1.807) is 11.3 Å². The number of aliphatic carboxylic acids is 1. The van der Waals surface area contributed by atoms with Gasteiger partial charge in [-0.1, -0.05) is 12.1 Å². The van der Waals surface area contributed by atoms with Crippen molar-refractivity contribution in [3.63, 3.8) is 0 Å². The Morgan fingerprint density at radius 2 is 2.04 bits per heavy atom. The predicted molar refractivity (Wildman–Crippen MR) is 89.5 cm³/mol. The van der Waals surface area contributed by atoms with Gasteiger partial charge in [0.1, 0.15) is 5.54 Å². The van der Waals surface area contributed by atoms with Gasteiger partial charge in [-0.3, -0.25) is 4.79 Å². The molecule has 1 heterocycles. The number of nitrogens with zero attached hydrogens (tertiary/aromatic N) is 1. The number of carboxylic acid groups (broad SMARTS) is 1. The number of carboxylic acids is 1. The first-order valence-electron chi connectivity index (χ1n) is 7.98. The molecule has 3 rings (SSSR count). The lowest BCUT2D eigenvalue weighted by Crippen LogP contribution is -2.59. The van der Waals surface area contributed by atoms with Crippen molar-refractivity contribution < 1.29 is 14.7 Å². The van der Waals surface area contributed by atoms with Gasteiger partial charge in [-0.05, 0) is 50.7 Å². The second kappa shape index (κ2) is 6.66. The fraction of sp³-hybridized carbons (Fsp3) is 0.471. The summed E-state index contributed by atoms with van der Waals surface area (Å²) in [6, 6.07) is 8.06. The lowest BCUT2D eigenvalue weighted by molar-refractivity contribution is -0.151. The van der Waals surface area contributed by atoms with Crippen molar-refractivity contribution in [2.24, 2.45) is 0 Å². The molecular weight excluding hydrogens is 312 g/mol. The molecule has 0 unspecified atom stereocenters. The molecule has 1 aliphatic carbocycles. The van der Waals surface area contributed by atoms with E-state index in [2.05, 4.69) is 16.4 Å². The van der Waals surface area contributed by atoms with Gasteiger partial charge in [0.2, 0.25) is 5.91 Å². The minimum absolute atomic E-state index is 0.156. The first kappa shape index (κ1) is 15.9. The topological polar surface area (TPSA) is 79.3 Å². The largest absolute Gasteiger partial charge is 0.480 e. The summed E-state index contributed by atoms with van der Waals surface area (Å²) in [6.45, 7) is 0. The Morgan fingerprint density at radius 1 is 1.26 bits per heavy atom. The van der Waals surface area contributed by atoms with Crippen LogP contribution in [0.5, 0.6) is 0 Å². The highest BCUT2D eigenvalue weighted by atomic mass is 32.1. The first-order valence-corrected chi connectivity index (χ1v) is 8.80. The van der Waals surface area contributed by atoms with Crippen molar-refractivity contribution in [2.45, 2.75) is 50.5 Å². The van der Waals surface area contributed by atoms with Crippen LogP contribution in [-0.4, -0.2) is 27.5 Å². The van der Waals surface area contributed by atoms with Crippen LogP contribution in [0.4, 0.5) is 0 Å². The SMILES string of the molecule is O=C(CCCCc1nc2ccccc2s1)NC1(C(=O)O)CCC1. The van der Waals surface area contributed by atoms with Gasteiger partial charge in [0.15, 0.2) is 0 Å². The van der Waals surface area contributed by atoms with Crippen LogP contribution in [0.25, 0.3) is 10.2 Å². The molecule has 0 saturated heterocycles. The smallest absolute Gasteiger partial charge is 0.329 e. The van der Waals surface area contributed by atoms with Crippen molar-refractivity contribution in [1.82, 2.24) is 10.3 Å². The Morgan fingerprint density at radius 3 is 2.70 bits per heavy atom. The van der Waals surface area contributed by atoms with E-state index >= 15 is 0 Å². The average Bonchev–Trinajstić information content (AvgIpc) is 2.89. The molecule has 0 bridgehead atoms. The second-order valence-electron chi connectivity index (χ2n) is 6.07. The Kier molecular flexibility index (Phi) is 4.61. The summed E-state index contributed by atoms with van der Waals surface area (Å²) in [7, 11) is 0. The van der Waals surface area contributed by atoms with Gasteiger partial charge < -0.3 is 10.4 Å². The standard InChI is InChI=1S/C17H20N2O3S/c20-14(19-17(16(21)22)10-5-11-17)8-3-4-9-15-18-12-6-1-2-7-13(12)23-15/h1-2,6-7H,3-5,8-11H2,(H,19,20)(H,21,22). The minimum Gasteiger partial charge on any atom is -0.480 e. The summed E-state index contributed by atoms with van der Waals surface area (Å²) in [5, 5.41) is 13.0. The van der Waals surface area contributed by atoms with Crippen LogP contribution in [0, 0.1) is 0 Å². The lowest BCUT2D eigenvalue weighted by atomic mass is 9.76. The number of thiazole rings is 1. The zero-order valence-corrected chi connectivity index (χ0v) is 13.7. The number of hydrogen-bond donors (Lipinski definition) is 2. The predicted octanol–water partition coefficient (Wildman–Crippen LogP) is 3.13. The zero-order valence-electron chi connectivity index (χ0n) is 12.9. The van der Waals surface area contributed by atoms with Gasteiger partial charge in [-0.15, -0.1) is 11.3 Å². The Bertz CT molecular complexity index is 688. The number of carbonyl (C=O) groups is 2. The normalized spacial score (nSPS) is 16.0. The van der Waals surface area contributed by atoms with Gasteiger partial charge in [0.25, 0.3) is 0 Å². The molecule has 23 heavy (non-hydrogen) atoms. The van der Waals surface area contributed by atoms with E-state index in [1.807, 2.05) is 18.2 Å². The fourth-order valence-electron chi connectivity index (χ4n) is 2.84. The molecule has 122 valence electrons. The van der Waals surface area contributed by atoms with Crippen LogP contribution in [0.15, 0.2) is 24.3 Å². The third-order valence-electron chi connectivity index (χ3n) is 4.38. The second-order valence-corrected chi connectivity index (χ2v) is 7.19. The van der Waals surface area contributed by atoms with Gasteiger partial charge in [0.05, 0.1) is 15.2 Å². The maximum Gasteiger partial charge on any atom is 0.329 e. The highest BCUT2D eigenvalue weighted by Gasteiger charge is 2.45. The molecule has 5 nitrogen and oxygen atoms in total. The number of amides is 1. The molecule has 0 spiro atoms. The molecule has 1 aliphatic rings. The van der Waals surface area contributed by atoms with E-state index in [1.165, 1.54) is 4.70 Å². The first-order chi connectivity index (χ1) is 11.1. The number of aromatic nitrogens is 1. The maximum atomic E-state index is 11.9. The zero-order chi connectivity index (χ0) is 16.3. The van der Waals surface area contributed by atoms with E-state index in [0.717, 1.165) is 36.2 Å². The molecular formula is C17H20N2O3S. The summed E-state index contributed by atoms with van der Waals surface area (Å²) in [5.74, 6) is -1.07. The average molecular weight is 332 g/mol. The lowest BCUT2D eigenvalue weighted by Gasteiger charge is -2.38. The molecule has 2 N–H and O–H groups in total. The molecule has 0 aliphatic heterocycles. The Labute approximate surface area is 138 Å². The maximum absolute atomic E-state index is 11.9. The molecule has 1 saturated carbocycles. The quantitative estimate of drug-likeness (QED) is 0.764. The third-order valence-corrected chi connectivity index (χ3v) is 5.47. The highest BCUT2D eigenvalue weighted by Crippen LogP contribution is 2.32. The van der Waals surface area contributed by atoms with Crippen LogP contribution in [0.1, 0.15) is 43.5 Å². The molecule has 1 aromatic heterocycles. The van der Waals surface area contributed by atoms with E-state index in [0.29, 0.717) is 19.3 Å². The minimum atomic E-state index is -0.996. The number of hydrogen-bond acceptors (Lipinski definition) is 4. The number of nitrogens with one attached hydrogen (secondary N) is 1. The van der Waals surface area contributed by atoms with Gasteiger partial charge in [-0.2, -0.15) is 0 Å². The van der Waals surface area contributed by atoms with Crippen LogP contribution in [0.3, 0.4) is 0 Å². The number of rotatable bonds is 7. The molecule has 2 aromatic rings. The van der Waals surface area contributed by atoms with Crippen molar-refractivity contribution >= 4 is 33.4 Å². The summed E-state index contributed by atoms with van der Waals surface area (Å²) in [6.07, 6.45) is 4.81. The van der Waals surface area contributed by atoms with Crippen LogP contribution in [0.2, 0.25) is 0 Å². The van der Waals surface area contributed by atoms with Crippen molar-refractivity contribution in [1.29, 1.82) is 0 Å². The number of benzene rings is 1. The highest BCUT2D eigenvalue weighted by molar-refractivity contribution is 7.18. The van der Waals surface area contributed by atoms with E-state index in [-0.39, 0.29) is 5.91 Å². The van der Waals surface area contributed by atoms with Gasteiger partial charge >= 0.3 is 5.97 Å². The van der Waals surface area contributed by atoms with E-state index < -0.39 is 11.5 Å². The number of carbonyl (C=O) groups excluding carboxylic acids is 1. The van der Waals surface area contributed by atoms with E-state index in [9.17, 15) is 14.7 Å². The van der Waals surface area contributed by atoms with Crippen LogP contribution in [-0.2, 0) is 16.0 Å². The monoisotopic (exact) mass is 332 g/mol. The molecule has 1 fully saturated rings. The molecule has 0 radical (unpaired) electrons. The fourth-order valence-corrected chi connectivity index (χ4v) is 3.85. The summed E-state index contributed by atoms with van der Waals surface area (Å²) in [5.41, 5.74) is 0.0306. The van der Waals surface area contributed by atoms with Crippen molar-refractivity contribution in [3.8, 4) is 0 Å². The molecule has 6 heteroatoms. The molecule has 0 atom stereocenters. The van der Waals surface area contributed by atoms with Crippen molar-refractivity contribution in [2.75, 3.05) is 0 Å². The summed E-state index contributed by atoms with van der Waals surface area (Å²) in [4.78, 5) is 27.7. The Hall–Kier alpha value is -1.95.